The molecule has 0 aliphatic carbocycles. The molecule has 0 bridgehead atoms. The summed E-state index contributed by atoms with van der Waals surface area (Å²) in [6.45, 7) is 2.62. The van der Waals surface area contributed by atoms with Gasteiger partial charge in [0.15, 0.2) is 0 Å². The maximum absolute atomic E-state index is 10.6. The number of anilines is 2. The first kappa shape index (κ1) is 22.1. The van der Waals surface area contributed by atoms with Gasteiger partial charge in [0.1, 0.15) is 18.1 Å². The van der Waals surface area contributed by atoms with Gasteiger partial charge in [-0.05, 0) is 31.5 Å². The molecule has 170 valence electrons. The maximum atomic E-state index is 10.6. The van der Waals surface area contributed by atoms with Gasteiger partial charge >= 0.3 is 0 Å². The van der Waals surface area contributed by atoms with Crippen LogP contribution in [-0.2, 0) is 11.8 Å². The van der Waals surface area contributed by atoms with Gasteiger partial charge in [-0.2, -0.15) is 5.10 Å². The first-order valence-corrected chi connectivity index (χ1v) is 10.3. The van der Waals surface area contributed by atoms with E-state index < -0.39 is 6.10 Å². The molecular formula is C22H24N8O3. The summed E-state index contributed by atoms with van der Waals surface area (Å²) in [5.74, 6) is 0.340. The quantitative estimate of drug-likeness (QED) is 0.481. The minimum absolute atomic E-state index is 0.148. The fraction of sp³-hybridized carbons (Fsp3) is 0.273. The van der Waals surface area contributed by atoms with Crippen LogP contribution in [0.25, 0.3) is 22.8 Å². The normalized spacial score (nSPS) is 15.3. The van der Waals surface area contributed by atoms with Crippen molar-refractivity contribution in [1.29, 1.82) is 0 Å². The van der Waals surface area contributed by atoms with Gasteiger partial charge in [-0.15, -0.1) is 0 Å². The molecule has 2 N–H and O–H groups in total. The Balaban J connectivity index is 0.000000275. The molecule has 11 nitrogen and oxygen atoms in total. The summed E-state index contributed by atoms with van der Waals surface area (Å²) < 4.78 is 6.62. The molecule has 4 aromatic heterocycles. The van der Waals surface area contributed by atoms with Crippen molar-refractivity contribution in [2.75, 3.05) is 18.9 Å². The second kappa shape index (κ2) is 9.57. The molecule has 1 aliphatic heterocycles. The summed E-state index contributed by atoms with van der Waals surface area (Å²) in [6, 6.07) is 9.26. The van der Waals surface area contributed by atoms with E-state index in [0.29, 0.717) is 30.3 Å². The fourth-order valence-corrected chi connectivity index (χ4v) is 3.27. The van der Waals surface area contributed by atoms with Crippen LogP contribution < -0.4 is 5.32 Å². The van der Waals surface area contributed by atoms with Crippen molar-refractivity contribution < 1.29 is 14.4 Å². The average Bonchev–Trinajstić information content (AvgIpc) is 3.53. The van der Waals surface area contributed by atoms with Gasteiger partial charge in [-0.25, -0.2) is 15.0 Å². The van der Waals surface area contributed by atoms with Crippen molar-refractivity contribution in [3.8, 4) is 22.8 Å². The molecule has 1 amide bonds. The highest BCUT2D eigenvalue weighted by Gasteiger charge is 2.26. The van der Waals surface area contributed by atoms with Gasteiger partial charge in [0.2, 0.25) is 5.95 Å². The molecule has 4 aromatic rings. The van der Waals surface area contributed by atoms with Gasteiger partial charge in [0, 0.05) is 39.1 Å². The Morgan fingerprint density at radius 3 is 2.42 bits per heavy atom. The number of aliphatic hydroxyl groups is 1. The average molecular weight is 448 g/mol. The van der Waals surface area contributed by atoms with E-state index in [1.54, 1.807) is 24.0 Å². The summed E-state index contributed by atoms with van der Waals surface area (Å²) in [5.41, 5.74) is 4.59. The highest BCUT2D eigenvalue weighted by molar-refractivity contribution is 5.82. The lowest BCUT2D eigenvalue weighted by atomic mass is 10.2. The standard InChI is InChI=1S/C17H15N7O.C5H9NO2/c1-11-16(10-24(2)22-11)21-17-18-8-6-14(20-17)12-4-3-5-13(19-12)15-7-9-25-23-15;1-6-3-2-4(7)5(6)8/h3-10H,1-2H3,(H,18,20,21);4,7H,2-3H2,1H3. The zero-order chi connectivity index (χ0) is 23.4. The number of rotatable bonds is 4. The molecule has 1 atom stereocenters. The number of aliphatic hydroxyl groups excluding tert-OH is 1. The first-order chi connectivity index (χ1) is 15.9. The number of carbonyl (C=O) groups is 1. The molecule has 5 rings (SSSR count). The number of aromatic nitrogens is 6. The van der Waals surface area contributed by atoms with Crippen LogP contribution in [0.4, 0.5) is 11.6 Å². The van der Waals surface area contributed by atoms with Crippen LogP contribution in [0.2, 0.25) is 0 Å². The maximum Gasteiger partial charge on any atom is 0.251 e. The molecule has 0 radical (unpaired) electrons. The molecule has 0 spiro atoms. The number of hydrogen-bond acceptors (Lipinski definition) is 9. The van der Waals surface area contributed by atoms with Crippen LogP contribution in [0, 0.1) is 6.92 Å². The van der Waals surface area contributed by atoms with E-state index >= 15 is 0 Å². The summed E-state index contributed by atoms with van der Waals surface area (Å²) in [4.78, 5) is 25.5. The zero-order valence-corrected chi connectivity index (χ0v) is 18.5. The molecule has 5 heterocycles. The molecule has 0 saturated carbocycles. The monoisotopic (exact) mass is 448 g/mol. The highest BCUT2D eigenvalue weighted by atomic mass is 16.5. The van der Waals surface area contributed by atoms with Crippen molar-refractivity contribution in [3.05, 3.63) is 54.7 Å². The van der Waals surface area contributed by atoms with Crippen molar-refractivity contribution in [2.24, 2.45) is 7.05 Å². The minimum atomic E-state index is -0.722. The molecule has 11 heteroatoms. The SMILES string of the molecule is CN1CCC(O)C1=O.Cc1nn(C)cc1Nc1nccc(-c2cccc(-c3ccon3)n2)n1. The smallest absolute Gasteiger partial charge is 0.251 e. The number of nitrogens with one attached hydrogen (secondary N) is 1. The largest absolute Gasteiger partial charge is 0.383 e. The molecule has 1 unspecified atom stereocenters. The first-order valence-electron chi connectivity index (χ1n) is 10.3. The number of pyridine rings is 1. The summed E-state index contributed by atoms with van der Waals surface area (Å²) in [5, 5.41) is 20.2. The van der Waals surface area contributed by atoms with Gasteiger partial charge in [0.05, 0.1) is 28.5 Å². The summed E-state index contributed by atoms with van der Waals surface area (Å²) >= 11 is 0. The number of likely N-dealkylation sites (tertiary alicyclic amines) is 1. The zero-order valence-electron chi connectivity index (χ0n) is 18.5. The Kier molecular flexibility index (Phi) is 6.41. The minimum Gasteiger partial charge on any atom is -0.383 e. The second-order valence-corrected chi connectivity index (χ2v) is 7.55. The van der Waals surface area contributed by atoms with Gasteiger partial charge < -0.3 is 19.8 Å². The van der Waals surface area contributed by atoms with Crippen LogP contribution in [0.1, 0.15) is 12.1 Å². The Bertz CT molecular complexity index is 1230. The van der Waals surface area contributed by atoms with Gasteiger partial charge in [-0.3, -0.25) is 9.48 Å². The van der Waals surface area contributed by atoms with Crippen molar-refractivity contribution >= 4 is 17.5 Å². The van der Waals surface area contributed by atoms with E-state index in [0.717, 1.165) is 22.8 Å². The van der Waals surface area contributed by atoms with Crippen molar-refractivity contribution in [2.45, 2.75) is 19.4 Å². The molecule has 0 aromatic carbocycles. The van der Waals surface area contributed by atoms with E-state index in [1.807, 2.05) is 44.4 Å². The van der Waals surface area contributed by atoms with Crippen LogP contribution in [0.15, 0.2) is 53.5 Å². The highest BCUT2D eigenvalue weighted by Crippen LogP contribution is 2.22. The summed E-state index contributed by atoms with van der Waals surface area (Å²) in [6.07, 6.45) is 4.97. The number of likely N-dealkylation sites (N-methyl/N-ethyl adjacent to an activating group) is 1. The fourth-order valence-electron chi connectivity index (χ4n) is 3.27. The summed E-state index contributed by atoms with van der Waals surface area (Å²) in [7, 11) is 3.56. The van der Waals surface area contributed by atoms with E-state index in [2.05, 4.69) is 30.5 Å². The Morgan fingerprint density at radius 1 is 1.09 bits per heavy atom. The van der Waals surface area contributed by atoms with Crippen LogP contribution in [0.3, 0.4) is 0 Å². The van der Waals surface area contributed by atoms with E-state index in [-0.39, 0.29) is 5.91 Å². The van der Waals surface area contributed by atoms with Gasteiger partial charge in [0.25, 0.3) is 5.91 Å². The molecule has 33 heavy (non-hydrogen) atoms. The van der Waals surface area contributed by atoms with Crippen LogP contribution in [-0.4, -0.2) is 65.5 Å². The third-order valence-corrected chi connectivity index (χ3v) is 5.03. The third kappa shape index (κ3) is 5.21. The third-order valence-electron chi connectivity index (χ3n) is 5.03. The van der Waals surface area contributed by atoms with Crippen molar-refractivity contribution in [1.82, 2.24) is 34.8 Å². The van der Waals surface area contributed by atoms with Crippen molar-refractivity contribution in [3.63, 3.8) is 0 Å². The van der Waals surface area contributed by atoms with E-state index in [9.17, 15) is 4.79 Å². The number of nitrogens with zero attached hydrogens (tertiary/aromatic N) is 7. The van der Waals surface area contributed by atoms with Crippen LogP contribution in [0.5, 0.6) is 0 Å². The lowest BCUT2D eigenvalue weighted by Crippen LogP contribution is -2.24. The molecule has 1 aliphatic rings. The number of amides is 1. The Hall–Kier alpha value is -4.12. The molecule has 1 fully saturated rings. The lowest BCUT2D eigenvalue weighted by Gasteiger charge is -2.06. The lowest BCUT2D eigenvalue weighted by molar-refractivity contribution is -0.133. The molecule has 1 saturated heterocycles. The van der Waals surface area contributed by atoms with E-state index in [1.165, 1.54) is 11.2 Å². The second-order valence-electron chi connectivity index (χ2n) is 7.55. The van der Waals surface area contributed by atoms with Gasteiger partial charge in [-0.1, -0.05) is 11.2 Å². The predicted octanol–water partition coefficient (Wildman–Crippen LogP) is 2.19. The molecular weight excluding hydrogens is 424 g/mol. The predicted molar refractivity (Wildman–Crippen MR) is 120 cm³/mol. The topological polar surface area (TPSA) is 135 Å². The van der Waals surface area contributed by atoms with Crippen LogP contribution >= 0.6 is 0 Å². The Labute approximate surface area is 190 Å². The number of carbonyl (C=O) groups excluding carboxylic acids is 1. The number of aryl methyl sites for hydroxylation is 2. The van der Waals surface area contributed by atoms with E-state index in [4.69, 9.17) is 9.63 Å². The number of hydrogen-bond donors (Lipinski definition) is 2. The Morgan fingerprint density at radius 2 is 1.85 bits per heavy atom.